The van der Waals surface area contributed by atoms with Crippen molar-refractivity contribution in [3.8, 4) is 5.75 Å². The van der Waals surface area contributed by atoms with Crippen molar-refractivity contribution in [3.05, 3.63) is 66.0 Å². The van der Waals surface area contributed by atoms with Crippen molar-refractivity contribution in [2.24, 2.45) is 10.5 Å². The van der Waals surface area contributed by atoms with Gasteiger partial charge in [0.15, 0.2) is 5.75 Å². The fraction of sp³-hybridized carbons (Fsp3) is 0.286. The Morgan fingerprint density at radius 1 is 1.24 bits per heavy atom. The predicted molar refractivity (Wildman–Crippen MR) is 126 cm³/mol. The van der Waals surface area contributed by atoms with Gasteiger partial charge >= 0.3 is 0 Å². The van der Waals surface area contributed by atoms with Crippen LogP contribution in [0, 0.1) is 12.3 Å². The van der Waals surface area contributed by atoms with Crippen molar-refractivity contribution in [2.45, 2.75) is 27.7 Å². The number of hydrogen-bond donors (Lipinski definition) is 0. The van der Waals surface area contributed by atoms with Crippen molar-refractivity contribution in [1.29, 1.82) is 0 Å². The summed E-state index contributed by atoms with van der Waals surface area (Å²) < 4.78 is 8.67. The summed E-state index contributed by atoms with van der Waals surface area (Å²) in [5, 5.41) is 5.29. The summed E-state index contributed by atoms with van der Waals surface area (Å²) in [5.41, 5.74) is 1.14. The third-order valence-corrected chi connectivity index (χ3v) is 5.33. The molecule has 0 aliphatic carbocycles. The lowest BCUT2D eigenvalue weighted by molar-refractivity contribution is 0.197. The van der Waals surface area contributed by atoms with Crippen molar-refractivity contribution >= 4 is 60.6 Å². The zero-order valence-electron chi connectivity index (χ0n) is 16.5. The normalized spacial score (nSPS) is 12.1. The van der Waals surface area contributed by atoms with Gasteiger partial charge in [0, 0.05) is 4.47 Å². The molecule has 0 aliphatic heterocycles. The summed E-state index contributed by atoms with van der Waals surface area (Å²) in [7, 11) is 0. The monoisotopic (exact) mass is 539 g/mol. The number of rotatable bonds is 4. The lowest BCUT2D eigenvalue weighted by Gasteiger charge is -2.20. The Labute approximate surface area is 191 Å². The third kappa shape index (κ3) is 5.27. The van der Waals surface area contributed by atoms with E-state index in [9.17, 15) is 4.79 Å². The van der Waals surface area contributed by atoms with Crippen LogP contribution in [-0.4, -0.2) is 22.5 Å². The summed E-state index contributed by atoms with van der Waals surface area (Å²) in [4.78, 5) is 17.3. The predicted octanol–water partition coefficient (Wildman–Crippen LogP) is 6.19. The first-order valence-corrected chi connectivity index (χ1v) is 10.9. The number of ether oxygens (including phenoxy) is 1. The van der Waals surface area contributed by atoms with Crippen LogP contribution < -0.4 is 10.3 Å². The number of nitrogens with zero attached hydrogens (tertiary/aromatic N) is 3. The van der Waals surface area contributed by atoms with Crippen molar-refractivity contribution in [3.63, 3.8) is 0 Å². The summed E-state index contributed by atoms with van der Waals surface area (Å²) in [5.74, 6) is 1.08. The molecule has 1 heterocycles. The smallest absolute Gasteiger partial charge is 0.282 e. The van der Waals surface area contributed by atoms with Gasteiger partial charge in [0.1, 0.15) is 5.82 Å². The molecule has 1 aromatic heterocycles. The highest BCUT2D eigenvalue weighted by atomic mass is 79.9. The molecule has 3 rings (SSSR count). The number of benzene rings is 2. The second-order valence-corrected chi connectivity index (χ2v) is 10.0. The Balaban J connectivity index is 1.95. The van der Waals surface area contributed by atoms with Gasteiger partial charge in [-0.05, 0) is 64.2 Å². The highest BCUT2D eigenvalue weighted by Gasteiger charge is 2.15. The number of aromatic nitrogens is 2. The van der Waals surface area contributed by atoms with E-state index in [0.717, 1.165) is 14.5 Å². The van der Waals surface area contributed by atoms with Crippen LogP contribution in [0.2, 0.25) is 5.02 Å². The standard InChI is InChI=1S/C21H20Br2ClN3O2/c1-12-26-18-6-5-14(22)9-15(18)20(28)27(12)25-10-13-7-16(23)19(17(24)8-13)29-11-21(2,3)4/h5-10H,11H2,1-4H3. The fourth-order valence-electron chi connectivity index (χ4n) is 2.60. The zero-order valence-corrected chi connectivity index (χ0v) is 20.4. The van der Waals surface area contributed by atoms with Gasteiger partial charge < -0.3 is 4.74 Å². The van der Waals surface area contributed by atoms with Crippen LogP contribution in [0.15, 0.2) is 49.2 Å². The zero-order chi connectivity index (χ0) is 21.3. The van der Waals surface area contributed by atoms with Gasteiger partial charge in [-0.1, -0.05) is 48.3 Å². The molecule has 0 spiro atoms. The van der Waals surface area contributed by atoms with E-state index < -0.39 is 0 Å². The maximum Gasteiger partial charge on any atom is 0.282 e. The van der Waals surface area contributed by atoms with E-state index in [-0.39, 0.29) is 11.0 Å². The lowest BCUT2D eigenvalue weighted by Crippen LogP contribution is -2.20. The molecule has 0 radical (unpaired) electrons. The summed E-state index contributed by atoms with van der Waals surface area (Å²) in [6.45, 7) is 8.54. The highest BCUT2D eigenvalue weighted by Crippen LogP contribution is 2.35. The fourth-order valence-corrected chi connectivity index (χ4v) is 3.95. The van der Waals surface area contributed by atoms with Crippen LogP contribution in [0.5, 0.6) is 5.75 Å². The van der Waals surface area contributed by atoms with Gasteiger partial charge in [0.25, 0.3) is 5.56 Å². The van der Waals surface area contributed by atoms with Crippen LogP contribution in [0.25, 0.3) is 10.9 Å². The van der Waals surface area contributed by atoms with E-state index in [2.05, 4.69) is 62.7 Å². The van der Waals surface area contributed by atoms with Gasteiger partial charge in [-0.3, -0.25) is 4.79 Å². The van der Waals surface area contributed by atoms with Crippen LogP contribution in [0.3, 0.4) is 0 Å². The second-order valence-electron chi connectivity index (χ2n) is 7.85. The minimum atomic E-state index is -0.236. The Morgan fingerprint density at radius 2 is 1.97 bits per heavy atom. The largest absolute Gasteiger partial charge is 0.490 e. The van der Waals surface area contributed by atoms with E-state index in [1.807, 2.05) is 12.1 Å². The summed E-state index contributed by atoms with van der Waals surface area (Å²) in [6.07, 6.45) is 1.57. The lowest BCUT2D eigenvalue weighted by atomic mass is 9.99. The maximum atomic E-state index is 12.8. The van der Waals surface area contributed by atoms with Crippen molar-refractivity contribution in [1.82, 2.24) is 9.66 Å². The Hall–Kier alpha value is -1.70. The first-order valence-electron chi connectivity index (χ1n) is 8.90. The van der Waals surface area contributed by atoms with Crippen LogP contribution in [0.1, 0.15) is 32.2 Å². The van der Waals surface area contributed by atoms with Crippen molar-refractivity contribution in [2.75, 3.05) is 6.61 Å². The molecule has 0 aliphatic rings. The molecule has 0 amide bonds. The summed E-state index contributed by atoms with van der Waals surface area (Å²) in [6, 6.07) is 8.99. The van der Waals surface area contributed by atoms with Crippen LogP contribution >= 0.6 is 43.5 Å². The highest BCUT2D eigenvalue weighted by molar-refractivity contribution is 9.10. The van der Waals surface area contributed by atoms with Gasteiger partial charge in [-0.2, -0.15) is 9.78 Å². The molecule has 152 valence electrons. The minimum Gasteiger partial charge on any atom is -0.490 e. The third-order valence-electron chi connectivity index (χ3n) is 3.96. The number of halogens is 3. The molecule has 0 N–H and O–H groups in total. The first-order chi connectivity index (χ1) is 13.5. The van der Waals surface area contributed by atoms with Gasteiger partial charge in [-0.15, -0.1) is 0 Å². The van der Waals surface area contributed by atoms with E-state index >= 15 is 0 Å². The van der Waals surface area contributed by atoms with Gasteiger partial charge in [0.2, 0.25) is 0 Å². The van der Waals surface area contributed by atoms with Crippen LogP contribution in [0.4, 0.5) is 0 Å². The minimum absolute atomic E-state index is 0.0136. The molecular weight excluding hydrogens is 522 g/mol. The molecule has 0 unspecified atom stereocenters. The number of aryl methyl sites for hydroxylation is 1. The molecule has 2 aromatic carbocycles. The molecule has 0 saturated carbocycles. The van der Waals surface area contributed by atoms with E-state index in [1.54, 1.807) is 31.3 Å². The topological polar surface area (TPSA) is 56.5 Å². The summed E-state index contributed by atoms with van der Waals surface area (Å²) >= 11 is 13.3. The van der Waals surface area contributed by atoms with Gasteiger partial charge in [0.05, 0.1) is 33.2 Å². The molecule has 0 atom stereocenters. The molecule has 8 heteroatoms. The molecule has 0 saturated heterocycles. The van der Waals surface area contributed by atoms with E-state index in [0.29, 0.717) is 34.1 Å². The molecule has 0 bridgehead atoms. The average Bonchev–Trinajstić information content (AvgIpc) is 2.60. The van der Waals surface area contributed by atoms with Gasteiger partial charge in [-0.25, -0.2) is 4.98 Å². The molecule has 5 nitrogen and oxygen atoms in total. The quantitative estimate of drug-likeness (QED) is 0.370. The van der Waals surface area contributed by atoms with Crippen molar-refractivity contribution < 1.29 is 4.74 Å². The molecule has 3 aromatic rings. The first kappa shape index (κ1) is 22.0. The van der Waals surface area contributed by atoms with E-state index in [4.69, 9.17) is 16.3 Å². The maximum absolute atomic E-state index is 12.8. The average molecular weight is 542 g/mol. The molecule has 0 fully saturated rings. The SMILES string of the molecule is Cc1nc2ccc(Br)cc2c(=O)n1N=Cc1cc(Cl)c(OCC(C)(C)C)c(Br)c1. The Kier molecular flexibility index (Phi) is 6.51. The number of hydrogen-bond acceptors (Lipinski definition) is 4. The molecular formula is C21H20Br2ClN3O2. The second kappa shape index (κ2) is 8.58. The van der Waals surface area contributed by atoms with Crippen LogP contribution in [-0.2, 0) is 0 Å². The van der Waals surface area contributed by atoms with E-state index in [1.165, 1.54) is 4.68 Å². The number of fused-ring (bicyclic) bond motifs is 1. The Bertz CT molecular complexity index is 1140. The molecule has 29 heavy (non-hydrogen) atoms. The Morgan fingerprint density at radius 3 is 2.62 bits per heavy atom.